The van der Waals surface area contributed by atoms with Crippen LogP contribution in [-0.2, 0) is 9.59 Å². The molecule has 0 aliphatic heterocycles. The van der Waals surface area contributed by atoms with Crippen molar-refractivity contribution in [3.8, 4) is 11.5 Å². The summed E-state index contributed by atoms with van der Waals surface area (Å²) < 4.78 is 26.4. The molecule has 4 aliphatic rings. The molecule has 0 heterocycles. The first kappa shape index (κ1) is 27.7. The SMILES string of the molecule is COc1cc(F)c(OC2CCC(C)(NC=O)CC2)cc1C(=O)N[C@@H]1[C@@H]2CC[C@@H](C2)[C@@H]1C(=O)NCC1(C)CCC1. The van der Waals surface area contributed by atoms with Gasteiger partial charge >= 0.3 is 0 Å². The van der Waals surface area contributed by atoms with Gasteiger partial charge in [0, 0.05) is 24.2 Å². The van der Waals surface area contributed by atoms with Crippen molar-refractivity contribution in [3.63, 3.8) is 0 Å². The first-order valence-corrected chi connectivity index (χ1v) is 14.5. The Labute approximate surface area is 230 Å². The van der Waals surface area contributed by atoms with Gasteiger partial charge in [0.2, 0.25) is 12.3 Å². The second-order valence-electron chi connectivity index (χ2n) is 12.9. The summed E-state index contributed by atoms with van der Waals surface area (Å²) in [5.41, 5.74) is 0.0943. The average molecular weight is 544 g/mol. The molecule has 0 aromatic heterocycles. The van der Waals surface area contributed by atoms with Crippen LogP contribution in [0.3, 0.4) is 0 Å². The smallest absolute Gasteiger partial charge is 0.255 e. The van der Waals surface area contributed by atoms with E-state index in [0.717, 1.165) is 32.1 Å². The molecule has 5 rings (SSSR count). The number of ether oxygens (including phenoxy) is 2. The van der Waals surface area contributed by atoms with Gasteiger partial charge in [-0.3, -0.25) is 14.4 Å². The van der Waals surface area contributed by atoms with Crippen LogP contribution in [0.1, 0.15) is 88.4 Å². The highest BCUT2D eigenvalue weighted by Crippen LogP contribution is 2.49. The molecule has 2 bridgehead atoms. The number of hydrogen-bond acceptors (Lipinski definition) is 5. The van der Waals surface area contributed by atoms with Crippen molar-refractivity contribution in [1.82, 2.24) is 16.0 Å². The summed E-state index contributed by atoms with van der Waals surface area (Å²) in [4.78, 5) is 37.8. The number of amides is 3. The minimum absolute atomic E-state index is 0.00822. The maximum atomic E-state index is 15.0. The van der Waals surface area contributed by atoms with Gasteiger partial charge in [0.05, 0.1) is 24.7 Å². The Balaban J connectivity index is 1.27. The molecule has 4 aliphatic carbocycles. The quantitative estimate of drug-likeness (QED) is 0.385. The number of fused-ring (bicyclic) bond motifs is 2. The summed E-state index contributed by atoms with van der Waals surface area (Å²) in [7, 11) is 1.41. The summed E-state index contributed by atoms with van der Waals surface area (Å²) in [5, 5.41) is 9.18. The Hall–Kier alpha value is -2.84. The molecule has 0 spiro atoms. The zero-order chi connectivity index (χ0) is 27.8. The molecular weight excluding hydrogens is 501 g/mol. The molecule has 0 radical (unpaired) electrons. The van der Waals surface area contributed by atoms with Gasteiger partial charge in [0.1, 0.15) is 5.75 Å². The van der Waals surface area contributed by atoms with E-state index >= 15 is 0 Å². The van der Waals surface area contributed by atoms with Crippen molar-refractivity contribution in [2.45, 2.75) is 95.7 Å². The summed E-state index contributed by atoms with van der Waals surface area (Å²) in [6.45, 7) is 4.88. The van der Waals surface area contributed by atoms with Gasteiger partial charge in [0.15, 0.2) is 11.6 Å². The van der Waals surface area contributed by atoms with E-state index in [1.165, 1.54) is 25.7 Å². The van der Waals surface area contributed by atoms with Gasteiger partial charge in [0.25, 0.3) is 5.91 Å². The molecule has 214 valence electrons. The number of carbonyl (C=O) groups excluding carboxylic acids is 3. The highest BCUT2D eigenvalue weighted by Gasteiger charge is 2.51. The number of halogens is 1. The Morgan fingerprint density at radius 2 is 1.77 bits per heavy atom. The van der Waals surface area contributed by atoms with Crippen LogP contribution in [0.15, 0.2) is 12.1 Å². The van der Waals surface area contributed by atoms with Crippen molar-refractivity contribution in [2.24, 2.45) is 23.2 Å². The molecule has 0 unspecified atom stereocenters. The van der Waals surface area contributed by atoms with Crippen molar-refractivity contribution >= 4 is 18.2 Å². The molecule has 39 heavy (non-hydrogen) atoms. The van der Waals surface area contributed by atoms with Crippen LogP contribution < -0.4 is 25.4 Å². The van der Waals surface area contributed by atoms with Crippen molar-refractivity contribution in [1.29, 1.82) is 0 Å². The topological polar surface area (TPSA) is 106 Å². The summed E-state index contributed by atoms with van der Waals surface area (Å²) in [5.74, 6) is -0.533. The maximum absolute atomic E-state index is 15.0. The molecule has 4 fully saturated rings. The second kappa shape index (κ2) is 11.0. The number of benzene rings is 1. The van der Waals surface area contributed by atoms with E-state index in [4.69, 9.17) is 9.47 Å². The predicted octanol–water partition coefficient (Wildman–Crippen LogP) is 4.11. The van der Waals surface area contributed by atoms with E-state index in [1.807, 2.05) is 6.92 Å². The number of nitrogens with one attached hydrogen (secondary N) is 3. The highest BCUT2D eigenvalue weighted by molar-refractivity contribution is 5.98. The first-order chi connectivity index (χ1) is 18.6. The second-order valence-corrected chi connectivity index (χ2v) is 12.9. The van der Waals surface area contributed by atoms with E-state index in [1.54, 1.807) is 0 Å². The van der Waals surface area contributed by atoms with Gasteiger partial charge in [-0.1, -0.05) is 13.3 Å². The minimum atomic E-state index is -0.593. The van der Waals surface area contributed by atoms with Gasteiger partial charge in [-0.2, -0.15) is 0 Å². The third-order valence-electron chi connectivity index (χ3n) is 10.0. The van der Waals surface area contributed by atoms with Crippen LogP contribution in [0.5, 0.6) is 11.5 Å². The minimum Gasteiger partial charge on any atom is -0.496 e. The molecule has 4 atom stereocenters. The highest BCUT2D eigenvalue weighted by atomic mass is 19.1. The lowest BCUT2D eigenvalue weighted by atomic mass is 9.70. The van der Waals surface area contributed by atoms with Crippen LogP contribution in [0.2, 0.25) is 0 Å². The molecule has 0 saturated heterocycles. The fourth-order valence-electron chi connectivity index (χ4n) is 7.27. The van der Waals surface area contributed by atoms with Crippen molar-refractivity contribution in [3.05, 3.63) is 23.5 Å². The normalized spacial score (nSPS) is 32.6. The van der Waals surface area contributed by atoms with Gasteiger partial charge < -0.3 is 25.4 Å². The molecule has 8 nitrogen and oxygen atoms in total. The largest absolute Gasteiger partial charge is 0.496 e. The first-order valence-electron chi connectivity index (χ1n) is 14.5. The molecule has 3 amide bonds. The van der Waals surface area contributed by atoms with Crippen LogP contribution in [0.4, 0.5) is 4.39 Å². The van der Waals surface area contributed by atoms with E-state index in [2.05, 4.69) is 22.9 Å². The number of methoxy groups -OCH3 is 1. The molecule has 4 saturated carbocycles. The molecule has 9 heteroatoms. The summed E-state index contributed by atoms with van der Waals surface area (Å²) >= 11 is 0. The van der Waals surface area contributed by atoms with Crippen molar-refractivity contribution in [2.75, 3.05) is 13.7 Å². The average Bonchev–Trinajstić information content (AvgIpc) is 3.50. The standard InChI is InChI=1S/C30H42FN3O5/c1-29(9-4-10-29)16-32-28(37)25-18-5-6-19(13-18)26(25)34-27(36)21-14-24(22(31)15-23(21)38-3)39-20-7-11-30(2,12-8-20)33-17-35/h14-15,17-20,25-26H,4-13,16H2,1-3H3,(H,32,37)(H,33,35)(H,34,36)/t18-,19+,20?,25-,26+,30?/m0/s1. The Kier molecular flexibility index (Phi) is 7.80. The van der Waals surface area contributed by atoms with E-state index in [-0.39, 0.29) is 69.7 Å². The van der Waals surface area contributed by atoms with Crippen LogP contribution in [0.25, 0.3) is 0 Å². The fraction of sp³-hybridized carbons (Fsp3) is 0.700. The molecule has 1 aromatic carbocycles. The molecule has 1 aromatic rings. The summed E-state index contributed by atoms with van der Waals surface area (Å²) in [6.07, 6.45) is 9.66. The molecular formula is C30H42FN3O5. The van der Waals surface area contributed by atoms with Gasteiger partial charge in [-0.15, -0.1) is 0 Å². The van der Waals surface area contributed by atoms with E-state index in [0.29, 0.717) is 38.6 Å². The van der Waals surface area contributed by atoms with E-state index in [9.17, 15) is 18.8 Å². The fourth-order valence-corrected chi connectivity index (χ4v) is 7.27. The zero-order valence-corrected chi connectivity index (χ0v) is 23.3. The Morgan fingerprint density at radius 3 is 2.41 bits per heavy atom. The number of carbonyl (C=O) groups is 3. The third-order valence-corrected chi connectivity index (χ3v) is 10.0. The number of rotatable bonds is 10. The Morgan fingerprint density at radius 1 is 1.05 bits per heavy atom. The predicted molar refractivity (Wildman–Crippen MR) is 144 cm³/mol. The zero-order valence-electron chi connectivity index (χ0n) is 23.3. The monoisotopic (exact) mass is 543 g/mol. The van der Waals surface area contributed by atoms with Gasteiger partial charge in [-0.05, 0) is 88.0 Å². The van der Waals surface area contributed by atoms with Gasteiger partial charge in [-0.25, -0.2) is 4.39 Å². The third kappa shape index (κ3) is 5.73. The number of hydrogen-bond donors (Lipinski definition) is 3. The molecule has 3 N–H and O–H groups in total. The van der Waals surface area contributed by atoms with Crippen LogP contribution >= 0.6 is 0 Å². The van der Waals surface area contributed by atoms with Crippen LogP contribution in [-0.4, -0.2) is 49.6 Å². The van der Waals surface area contributed by atoms with E-state index < -0.39 is 5.82 Å². The lowest BCUT2D eigenvalue weighted by molar-refractivity contribution is -0.128. The maximum Gasteiger partial charge on any atom is 0.255 e. The Bertz CT molecular complexity index is 1100. The summed E-state index contributed by atoms with van der Waals surface area (Å²) in [6, 6.07) is 2.35. The van der Waals surface area contributed by atoms with Crippen LogP contribution in [0, 0.1) is 29.0 Å². The van der Waals surface area contributed by atoms with Crippen molar-refractivity contribution < 1.29 is 28.2 Å². The lowest BCUT2D eigenvalue weighted by Crippen LogP contribution is -2.51. The lowest BCUT2D eigenvalue weighted by Gasteiger charge is -2.39.